The van der Waals surface area contributed by atoms with Crippen molar-refractivity contribution in [2.24, 2.45) is 0 Å². The van der Waals surface area contributed by atoms with Crippen molar-refractivity contribution in [3.05, 3.63) is 28.7 Å². The van der Waals surface area contributed by atoms with Gasteiger partial charge in [0.25, 0.3) is 5.56 Å². The highest BCUT2D eigenvalue weighted by Gasteiger charge is 2.06. The lowest BCUT2D eigenvalue weighted by Gasteiger charge is -2.07. The van der Waals surface area contributed by atoms with E-state index >= 15 is 0 Å². The lowest BCUT2D eigenvalue weighted by molar-refractivity contribution is -0.138. The number of aryl methyl sites for hydroxylation is 1. The molecule has 98 valence electrons. The normalized spacial score (nSPS) is 10.0. The topological polar surface area (TPSA) is 106 Å². The van der Waals surface area contributed by atoms with Crippen LogP contribution in [-0.4, -0.2) is 33.3 Å². The van der Waals surface area contributed by atoms with Crippen molar-refractivity contribution >= 4 is 11.9 Å². The number of carbonyl (C=O) groups is 2. The highest BCUT2D eigenvalue weighted by Crippen LogP contribution is 2.03. The zero-order valence-electron chi connectivity index (χ0n) is 9.54. The van der Waals surface area contributed by atoms with E-state index < -0.39 is 17.5 Å². The van der Waals surface area contributed by atoms with Crippen molar-refractivity contribution in [3.8, 4) is 5.75 Å². The maximum atomic E-state index is 11.8. The predicted octanol–water partition coefficient (Wildman–Crippen LogP) is 0.176. The largest absolute Gasteiger partial charge is 0.487 e. The Morgan fingerprint density at radius 1 is 1.22 bits per heavy atom. The summed E-state index contributed by atoms with van der Waals surface area (Å²) in [4.78, 5) is 32.4. The number of carboxylic acids is 2. The van der Waals surface area contributed by atoms with Crippen LogP contribution in [0.15, 0.2) is 23.1 Å². The first-order chi connectivity index (χ1) is 8.50. The molecule has 0 saturated heterocycles. The van der Waals surface area contributed by atoms with E-state index in [1.165, 1.54) is 16.8 Å². The maximum Gasteiger partial charge on any atom is 0.306 e. The summed E-state index contributed by atoms with van der Waals surface area (Å²) in [6.45, 7) is -0.0577. The number of nitrogens with zero attached hydrogens (tertiary/aromatic N) is 1. The Labute approximate surface area is 102 Å². The maximum absolute atomic E-state index is 11.8. The summed E-state index contributed by atoms with van der Waals surface area (Å²) in [6, 6.07) is 2.96. The van der Waals surface area contributed by atoms with Gasteiger partial charge in [0.15, 0.2) is 5.75 Å². The number of aromatic nitrogens is 1. The van der Waals surface area contributed by atoms with Gasteiger partial charge >= 0.3 is 11.9 Å². The van der Waals surface area contributed by atoms with Gasteiger partial charge in [-0.2, -0.15) is 0 Å². The molecular formula is C11H13NO6. The highest BCUT2D eigenvalue weighted by molar-refractivity contribution is 5.67. The average molecular weight is 255 g/mol. The average Bonchev–Trinajstić information content (AvgIpc) is 2.29. The fraction of sp³-hybridized carbons (Fsp3) is 0.364. The molecule has 0 amide bonds. The van der Waals surface area contributed by atoms with Crippen molar-refractivity contribution in [1.29, 1.82) is 0 Å². The molecule has 7 heteroatoms. The van der Waals surface area contributed by atoms with E-state index in [-0.39, 0.29) is 31.7 Å². The monoisotopic (exact) mass is 255 g/mol. The summed E-state index contributed by atoms with van der Waals surface area (Å²) in [5.74, 6) is -2.00. The van der Waals surface area contributed by atoms with Crippen molar-refractivity contribution in [2.75, 3.05) is 6.61 Å². The Hall–Kier alpha value is -2.31. The summed E-state index contributed by atoms with van der Waals surface area (Å²) >= 11 is 0. The Balaban J connectivity index is 2.69. The second-order valence-electron chi connectivity index (χ2n) is 3.51. The first kappa shape index (κ1) is 13.8. The predicted molar refractivity (Wildman–Crippen MR) is 60.7 cm³/mol. The quantitative estimate of drug-likeness (QED) is 0.719. The fourth-order valence-corrected chi connectivity index (χ4v) is 1.27. The molecule has 0 radical (unpaired) electrons. The standard InChI is InChI=1S/C11H13NO6/c13-9(14)3-6-12-5-1-2-8(11(12)17)18-7-4-10(15)16/h1-2,5H,3-4,6-7H2,(H,13,14)(H,15,16). The van der Waals surface area contributed by atoms with Crippen molar-refractivity contribution < 1.29 is 24.5 Å². The number of hydrogen-bond acceptors (Lipinski definition) is 4. The lowest BCUT2D eigenvalue weighted by atomic mass is 10.4. The van der Waals surface area contributed by atoms with Gasteiger partial charge < -0.3 is 19.5 Å². The number of pyridine rings is 1. The van der Waals surface area contributed by atoms with Crippen LogP contribution in [-0.2, 0) is 16.1 Å². The van der Waals surface area contributed by atoms with Crippen LogP contribution < -0.4 is 10.3 Å². The fourth-order valence-electron chi connectivity index (χ4n) is 1.27. The van der Waals surface area contributed by atoms with Gasteiger partial charge in [-0.05, 0) is 12.1 Å². The molecule has 0 aliphatic rings. The molecule has 1 aromatic heterocycles. The SMILES string of the molecule is O=C(O)CCOc1cccn(CCC(=O)O)c1=O. The number of rotatable bonds is 7. The molecule has 1 rings (SSSR count). The smallest absolute Gasteiger partial charge is 0.306 e. The molecule has 0 aliphatic heterocycles. The second kappa shape index (κ2) is 6.43. The van der Waals surface area contributed by atoms with Gasteiger partial charge in [-0.1, -0.05) is 0 Å². The first-order valence-electron chi connectivity index (χ1n) is 5.26. The number of carboxylic acid groups (broad SMARTS) is 2. The van der Waals surface area contributed by atoms with E-state index in [0.717, 1.165) is 0 Å². The van der Waals surface area contributed by atoms with Gasteiger partial charge in [0.2, 0.25) is 0 Å². The Morgan fingerprint density at radius 2 is 1.89 bits per heavy atom. The highest BCUT2D eigenvalue weighted by atomic mass is 16.5. The van der Waals surface area contributed by atoms with Gasteiger partial charge in [-0.15, -0.1) is 0 Å². The van der Waals surface area contributed by atoms with Gasteiger partial charge in [-0.3, -0.25) is 14.4 Å². The molecule has 0 saturated carbocycles. The van der Waals surface area contributed by atoms with E-state index in [4.69, 9.17) is 14.9 Å². The first-order valence-corrected chi connectivity index (χ1v) is 5.26. The van der Waals surface area contributed by atoms with E-state index in [9.17, 15) is 14.4 Å². The number of ether oxygens (including phenoxy) is 1. The van der Waals surface area contributed by atoms with Gasteiger partial charge in [0, 0.05) is 12.7 Å². The van der Waals surface area contributed by atoms with Crippen LogP contribution in [0.1, 0.15) is 12.8 Å². The van der Waals surface area contributed by atoms with Gasteiger partial charge in [0.1, 0.15) is 0 Å². The molecule has 0 aliphatic carbocycles. The van der Waals surface area contributed by atoms with Crippen LogP contribution in [0, 0.1) is 0 Å². The molecule has 1 heterocycles. The van der Waals surface area contributed by atoms with Crippen LogP contribution in [0.3, 0.4) is 0 Å². The van der Waals surface area contributed by atoms with Crippen LogP contribution in [0.4, 0.5) is 0 Å². The minimum Gasteiger partial charge on any atom is -0.487 e. The third-order valence-electron chi connectivity index (χ3n) is 2.13. The molecule has 18 heavy (non-hydrogen) atoms. The van der Waals surface area contributed by atoms with Gasteiger partial charge in [0.05, 0.1) is 19.4 Å². The summed E-state index contributed by atoms with van der Waals surface area (Å²) < 4.78 is 6.25. The molecule has 0 bridgehead atoms. The van der Waals surface area contributed by atoms with Crippen LogP contribution >= 0.6 is 0 Å². The molecule has 0 spiro atoms. The lowest BCUT2D eigenvalue weighted by Crippen LogP contribution is -2.23. The minimum atomic E-state index is -1.02. The number of hydrogen-bond donors (Lipinski definition) is 2. The van der Waals surface area contributed by atoms with E-state index in [1.54, 1.807) is 6.07 Å². The summed E-state index contributed by atoms with van der Waals surface area (Å²) in [7, 11) is 0. The summed E-state index contributed by atoms with van der Waals surface area (Å²) in [5.41, 5.74) is -0.468. The Morgan fingerprint density at radius 3 is 2.50 bits per heavy atom. The Kier molecular flexibility index (Phi) is 4.91. The van der Waals surface area contributed by atoms with E-state index in [1.807, 2.05) is 0 Å². The third-order valence-corrected chi connectivity index (χ3v) is 2.13. The molecule has 0 aromatic carbocycles. The summed E-state index contributed by atoms with van der Waals surface area (Å²) in [6.07, 6.45) is 1.08. The molecular weight excluding hydrogens is 242 g/mol. The summed E-state index contributed by atoms with van der Waals surface area (Å²) in [5, 5.41) is 17.0. The minimum absolute atomic E-state index is 0.0177. The van der Waals surface area contributed by atoms with Crippen molar-refractivity contribution in [2.45, 2.75) is 19.4 Å². The molecule has 2 N–H and O–H groups in total. The van der Waals surface area contributed by atoms with Crippen LogP contribution in [0.25, 0.3) is 0 Å². The second-order valence-corrected chi connectivity index (χ2v) is 3.51. The van der Waals surface area contributed by atoms with E-state index in [0.29, 0.717) is 0 Å². The molecule has 1 aromatic rings. The molecule has 0 unspecified atom stereocenters. The van der Waals surface area contributed by atoms with E-state index in [2.05, 4.69) is 0 Å². The molecule has 0 atom stereocenters. The van der Waals surface area contributed by atoms with Crippen molar-refractivity contribution in [1.82, 2.24) is 4.57 Å². The van der Waals surface area contributed by atoms with Crippen molar-refractivity contribution in [3.63, 3.8) is 0 Å². The third kappa shape index (κ3) is 4.28. The van der Waals surface area contributed by atoms with Gasteiger partial charge in [-0.25, -0.2) is 0 Å². The Bertz CT molecular complexity index is 493. The van der Waals surface area contributed by atoms with Crippen LogP contribution in [0.5, 0.6) is 5.75 Å². The van der Waals surface area contributed by atoms with Crippen LogP contribution in [0.2, 0.25) is 0 Å². The number of aliphatic carboxylic acids is 2. The zero-order chi connectivity index (χ0) is 13.5. The zero-order valence-corrected chi connectivity index (χ0v) is 9.54. The molecule has 0 fully saturated rings. The molecule has 7 nitrogen and oxygen atoms in total.